The minimum atomic E-state index is -0.414. The van der Waals surface area contributed by atoms with Gasteiger partial charge in [0.1, 0.15) is 5.01 Å². The van der Waals surface area contributed by atoms with Crippen molar-refractivity contribution in [3.8, 4) is 0 Å². The summed E-state index contributed by atoms with van der Waals surface area (Å²) < 4.78 is 0. The lowest BCUT2D eigenvalue weighted by Gasteiger charge is -2.09. The van der Waals surface area contributed by atoms with Crippen molar-refractivity contribution in [3.63, 3.8) is 0 Å². The Bertz CT molecular complexity index is 728. The molecule has 0 saturated heterocycles. The van der Waals surface area contributed by atoms with Crippen molar-refractivity contribution >= 4 is 34.1 Å². The molecule has 2 N–H and O–H groups in total. The number of amides is 1. The van der Waals surface area contributed by atoms with Gasteiger partial charge in [-0.1, -0.05) is 36.4 Å². The Labute approximate surface area is 142 Å². The van der Waals surface area contributed by atoms with Crippen molar-refractivity contribution in [1.29, 1.82) is 0 Å². The van der Waals surface area contributed by atoms with Crippen molar-refractivity contribution in [2.24, 2.45) is 0 Å². The number of H-pyrrole nitrogens is 1. The molecule has 0 unspecified atom stereocenters. The number of unbranched alkanes of at least 4 members (excludes halogenated alkanes) is 1. The highest BCUT2D eigenvalue weighted by atomic mass is 32.2. The molecule has 23 heavy (non-hydrogen) atoms. The second-order valence-corrected chi connectivity index (χ2v) is 7.44. The average Bonchev–Trinajstić information content (AvgIpc) is 2.91. The predicted octanol–water partition coefficient (Wildman–Crippen LogP) is 2.39. The van der Waals surface area contributed by atoms with Crippen molar-refractivity contribution in [2.45, 2.75) is 50.4 Å². The number of rotatable bonds is 7. The fraction of sp³-hybridized carbons (Fsp3) is 0.500. The highest BCUT2D eigenvalue weighted by Crippen LogP contribution is 2.22. The Hall–Kier alpha value is -1.74. The number of aryl methyl sites for hydroxylation is 2. The summed E-state index contributed by atoms with van der Waals surface area (Å²) >= 11 is 2.59. The number of hydrogen-bond acceptors (Lipinski definition) is 7. The molecule has 0 aliphatic rings. The molecule has 0 spiro atoms. The van der Waals surface area contributed by atoms with Gasteiger partial charge in [-0.25, -0.2) is 4.98 Å². The molecule has 124 valence electrons. The minimum Gasteiger partial charge on any atom is -0.301 e. The third-order valence-electron chi connectivity index (χ3n) is 2.95. The molecule has 9 heteroatoms. The Balaban J connectivity index is 1.94. The number of hydrogen-bond donors (Lipinski definition) is 2. The zero-order valence-electron chi connectivity index (χ0n) is 13.3. The van der Waals surface area contributed by atoms with E-state index >= 15 is 0 Å². The first-order chi connectivity index (χ1) is 11.0. The van der Waals surface area contributed by atoms with Crippen molar-refractivity contribution in [3.05, 3.63) is 27.1 Å². The second-order valence-electron chi connectivity index (χ2n) is 5.05. The van der Waals surface area contributed by atoms with E-state index in [-0.39, 0.29) is 11.5 Å². The fourth-order valence-corrected chi connectivity index (χ4v) is 3.41. The Morgan fingerprint density at radius 2 is 2.26 bits per heavy atom. The van der Waals surface area contributed by atoms with E-state index in [1.807, 2.05) is 0 Å². The SMILES string of the molecule is CCCCc1nnc(NC(=O)[C@@H](C)Sc2nc(C)cc(=O)[nH]2)s1. The van der Waals surface area contributed by atoms with Gasteiger partial charge in [-0.15, -0.1) is 10.2 Å². The average molecular weight is 353 g/mol. The Morgan fingerprint density at radius 1 is 1.48 bits per heavy atom. The first kappa shape index (κ1) is 17.6. The summed E-state index contributed by atoms with van der Waals surface area (Å²) in [6.07, 6.45) is 3.03. The number of nitrogens with zero attached hydrogens (tertiary/aromatic N) is 3. The van der Waals surface area contributed by atoms with Crippen LogP contribution in [0.5, 0.6) is 0 Å². The third kappa shape index (κ3) is 5.43. The number of carbonyl (C=O) groups is 1. The van der Waals surface area contributed by atoms with Gasteiger partial charge in [-0.2, -0.15) is 0 Å². The van der Waals surface area contributed by atoms with Crippen molar-refractivity contribution in [2.75, 3.05) is 5.32 Å². The van der Waals surface area contributed by atoms with Crippen LogP contribution in [0.3, 0.4) is 0 Å². The summed E-state index contributed by atoms with van der Waals surface area (Å²) in [5.74, 6) is -0.197. The van der Waals surface area contributed by atoms with Crippen LogP contribution in [-0.2, 0) is 11.2 Å². The van der Waals surface area contributed by atoms with Gasteiger partial charge in [0, 0.05) is 18.2 Å². The van der Waals surface area contributed by atoms with E-state index in [4.69, 9.17) is 0 Å². The lowest BCUT2D eigenvalue weighted by molar-refractivity contribution is -0.115. The van der Waals surface area contributed by atoms with Gasteiger partial charge in [0.25, 0.3) is 5.56 Å². The topological polar surface area (TPSA) is 101 Å². The monoisotopic (exact) mass is 353 g/mol. The summed E-state index contributed by atoms with van der Waals surface area (Å²) in [6, 6.07) is 1.41. The third-order valence-corrected chi connectivity index (χ3v) is 4.83. The van der Waals surface area contributed by atoms with Crippen LogP contribution >= 0.6 is 23.1 Å². The van der Waals surface area contributed by atoms with E-state index in [2.05, 4.69) is 32.4 Å². The zero-order chi connectivity index (χ0) is 16.8. The maximum atomic E-state index is 12.2. The van der Waals surface area contributed by atoms with Gasteiger partial charge in [0.2, 0.25) is 11.0 Å². The summed E-state index contributed by atoms with van der Waals surface area (Å²) in [7, 11) is 0. The highest BCUT2D eigenvalue weighted by molar-refractivity contribution is 8.00. The van der Waals surface area contributed by atoms with E-state index in [1.54, 1.807) is 13.8 Å². The van der Waals surface area contributed by atoms with Gasteiger partial charge in [-0.3, -0.25) is 14.9 Å². The molecule has 0 radical (unpaired) electrons. The van der Waals surface area contributed by atoms with Gasteiger partial charge in [-0.05, 0) is 20.3 Å². The molecule has 0 aromatic carbocycles. The van der Waals surface area contributed by atoms with Crippen molar-refractivity contribution < 1.29 is 4.79 Å². The molecule has 7 nitrogen and oxygen atoms in total. The van der Waals surface area contributed by atoms with E-state index in [0.717, 1.165) is 24.3 Å². The van der Waals surface area contributed by atoms with Gasteiger partial charge in [0.15, 0.2) is 5.16 Å². The number of thioether (sulfide) groups is 1. The summed E-state index contributed by atoms with van der Waals surface area (Å²) in [4.78, 5) is 30.4. The Kier molecular flexibility index (Phi) is 6.28. The van der Waals surface area contributed by atoms with Crippen LogP contribution in [0.4, 0.5) is 5.13 Å². The molecule has 2 aromatic rings. The molecule has 0 saturated carbocycles. The van der Waals surface area contributed by atoms with Crippen LogP contribution in [-0.4, -0.2) is 31.3 Å². The summed E-state index contributed by atoms with van der Waals surface area (Å²) in [5.41, 5.74) is 0.394. The second kappa shape index (κ2) is 8.21. The molecule has 2 heterocycles. The molecule has 2 rings (SSSR count). The van der Waals surface area contributed by atoms with Crippen LogP contribution in [0.15, 0.2) is 16.0 Å². The number of anilines is 1. The summed E-state index contributed by atoms with van der Waals surface area (Å²) in [5, 5.41) is 12.2. The molecular weight excluding hydrogens is 334 g/mol. The largest absolute Gasteiger partial charge is 0.301 e. The van der Waals surface area contributed by atoms with E-state index < -0.39 is 5.25 Å². The van der Waals surface area contributed by atoms with E-state index in [9.17, 15) is 9.59 Å². The van der Waals surface area contributed by atoms with Gasteiger partial charge in [0.05, 0.1) is 5.25 Å². The Morgan fingerprint density at radius 3 is 2.96 bits per heavy atom. The normalized spacial score (nSPS) is 12.1. The zero-order valence-corrected chi connectivity index (χ0v) is 14.9. The highest BCUT2D eigenvalue weighted by Gasteiger charge is 2.18. The van der Waals surface area contributed by atoms with Crippen LogP contribution < -0.4 is 10.9 Å². The van der Waals surface area contributed by atoms with Crippen LogP contribution in [0, 0.1) is 6.92 Å². The molecule has 0 bridgehead atoms. The van der Waals surface area contributed by atoms with Crippen LogP contribution in [0.1, 0.15) is 37.4 Å². The minimum absolute atomic E-state index is 0.197. The number of aromatic nitrogens is 4. The fourth-order valence-electron chi connectivity index (χ4n) is 1.77. The van der Waals surface area contributed by atoms with Crippen LogP contribution in [0.2, 0.25) is 0 Å². The van der Waals surface area contributed by atoms with Crippen LogP contribution in [0.25, 0.3) is 0 Å². The maximum Gasteiger partial charge on any atom is 0.251 e. The molecule has 2 aromatic heterocycles. The first-order valence-corrected chi connectivity index (χ1v) is 9.05. The van der Waals surface area contributed by atoms with Gasteiger partial charge < -0.3 is 4.98 Å². The lowest BCUT2D eigenvalue weighted by atomic mass is 10.3. The molecule has 0 fully saturated rings. The maximum absolute atomic E-state index is 12.2. The number of aromatic amines is 1. The number of nitrogens with one attached hydrogen (secondary N) is 2. The smallest absolute Gasteiger partial charge is 0.251 e. The molecule has 1 atom stereocenters. The van der Waals surface area contributed by atoms with Crippen molar-refractivity contribution in [1.82, 2.24) is 20.2 Å². The standard InChI is InChI=1S/C14H19N5O2S2/c1-4-5-6-11-18-19-14(23-11)17-12(21)9(3)22-13-15-8(2)7-10(20)16-13/h7,9H,4-6H2,1-3H3,(H,15,16,20)(H,17,19,21)/t9-/m1/s1. The van der Waals surface area contributed by atoms with E-state index in [1.165, 1.54) is 29.2 Å². The first-order valence-electron chi connectivity index (χ1n) is 7.35. The van der Waals surface area contributed by atoms with Gasteiger partial charge >= 0.3 is 0 Å². The number of carbonyl (C=O) groups excluding carboxylic acids is 1. The quantitative estimate of drug-likeness (QED) is 0.585. The predicted molar refractivity (Wildman–Crippen MR) is 92.1 cm³/mol. The molecule has 0 aliphatic heterocycles. The lowest BCUT2D eigenvalue weighted by Crippen LogP contribution is -2.23. The van der Waals surface area contributed by atoms with E-state index in [0.29, 0.717) is 16.0 Å². The summed E-state index contributed by atoms with van der Waals surface area (Å²) in [6.45, 7) is 5.61. The molecular formula is C14H19N5O2S2. The molecule has 0 aliphatic carbocycles. The molecule has 1 amide bonds.